The first-order chi connectivity index (χ1) is 17.2. The van der Waals surface area contributed by atoms with Crippen molar-refractivity contribution in [3.8, 4) is 0 Å². The molecular weight excluding hydrogens is 484 g/mol. The third-order valence-electron chi connectivity index (χ3n) is 5.89. The quantitative estimate of drug-likeness (QED) is 0.278. The van der Waals surface area contributed by atoms with Gasteiger partial charge >= 0.3 is 5.97 Å². The number of thioether (sulfide) groups is 1. The van der Waals surface area contributed by atoms with E-state index in [4.69, 9.17) is 4.74 Å². The Morgan fingerprint density at radius 2 is 1.72 bits per heavy atom. The summed E-state index contributed by atoms with van der Waals surface area (Å²) in [7, 11) is 1.26. The highest BCUT2D eigenvalue weighted by Gasteiger charge is 2.34. The highest BCUT2D eigenvalue weighted by atomic mass is 32.2. The van der Waals surface area contributed by atoms with Gasteiger partial charge in [-0.3, -0.25) is 19.2 Å². The van der Waals surface area contributed by atoms with Crippen LogP contribution in [0.5, 0.6) is 0 Å². The van der Waals surface area contributed by atoms with Crippen LogP contribution in [0.1, 0.15) is 38.7 Å². The molecule has 0 bridgehead atoms. The second-order valence-corrected chi connectivity index (χ2v) is 9.99. The first-order valence-corrected chi connectivity index (χ1v) is 13.4. The van der Waals surface area contributed by atoms with Gasteiger partial charge in [-0.15, -0.1) is 0 Å². The van der Waals surface area contributed by atoms with E-state index in [0.717, 1.165) is 5.56 Å². The molecule has 0 unspecified atom stereocenters. The van der Waals surface area contributed by atoms with Gasteiger partial charge in [-0.2, -0.15) is 11.8 Å². The minimum absolute atomic E-state index is 0.187. The Kier molecular flexibility index (Phi) is 11.7. The molecule has 11 heteroatoms. The summed E-state index contributed by atoms with van der Waals surface area (Å²) < 4.78 is 4.83. The second kappa shape index (κ2) is 14.5. The van der Waals surface area contributed by atoms with Gasteiger partial charge in [0, 0.05) is 12.8 Å². The molecule has 1 saturated heterocycles. The van der Waals surface area contributed by atoms with Crippen LogP contribution < -0.4 is 21.3 Å². The fourth-order valence-corrected chi connectivity index (χ4v) is 4.29. The van der Waals surface area contributed by atoms with Crippen LogP contribution in [0.25, 0.3) is 0 Å². The van der Waals surface area contributed by atoms with Gasteiger partial charge in [0.2, 0.25) is 23.6 Å². The monoisotopic (exact) mass is 520 g/mol. The van der Waals surface area contributed by atoms with E-state index in [-0.39, 0.29) is 24.7 Å². The summed E-state index contributed by atoms with van der Waals surface area (Å²) in [6, 6.07) is 5.72. The second-order valence-electron chi connectivity index (χ2n) is 9.01. The number of hydrogen-bond acceptors (Lipinski definition) is 7. The Bertz CT molecular complexity index is 926. The Morgan fingerprint density at radius 3 is 2.28 bits per heavy atom. The molecule has 1 heterocycles. The Hall–Kier alpha value is -3.08. The third-order valence-corrected chi connectivity index (χ3v) is 6.53. The first kappa shape index (κ1) is 29.2. The third kappa shape index (κ3) is 8.85. The van der Waals surface area contributed by atoms with Gasteiger partial charge in [-0.05, 0) is 36.3 Å². The zero-order valence-electron chi connectivity index (χ0n) is 21.2. The summed E-state index contributed by atoms with van der Waals surface area (Å²) in [5, 5.41) is 10.8. The number of rotatable bonds is 13. The zero-order valence-corrected chi connectivity index (χ0v) is 22.0. The lowest BCUT2D eigenvalue weighted by Crippen LogP contribution is -2.59. The molecule has 1 aromatic carbocycles. The van der Waals surface area contributed by atoms with Crippen LogP contribution in [0.3, 0.4) is 0 Å². The molecule has 36 heavy (non-hydrogen) atoms. The van der Waals surface area contributed by atoms with E-state index < -0.39 is 47.9 Å². The van der Waals surface area contributed by atoms with Crippen LogP contribution in [0.15, 0.2) is 30.3 Å². The first-order valence-electron chi connectivity index (χ1n) is 12.0. The highest BCUT2D eigenvalue weighted by molar-refractivity contribution is 7.98. The average molecular weight is 521 g/mol. The molecule has 0 spiro atoms. The van der Waals surface area contributed by atoms with E-state index in [1.54, 1.807) is 13.8 Å². The van der Waals surface area contributed by atoms with Gasteiger partial charge in [0.15, 0.2) is 0 Å². The van der Waals surface area contributed by atoms with E-state index in [9.17, 15) is 24.0 Å². The van der Waals surface area contributed by atoms with Gasteiger partial charge in [0.25, 0.3) is 0 Å². The Labute approximate surface area is 216 Å². The van der Waals surface area contributed by atoms with Crippen molar-refractivity contribution in [1.29, 1.82) is 0 Å². The molecule has 0 aliphatic carbocycles. The molecule has 0 radical (unpaired) electrons. The molecule has 4 N–H and O–H groups in total. The molecule has 1 aliphatic heterocycles. The summed E-state index contributed by atoms with van der Waals surface area (Å²) >= 11 is 1.53. The summed E-state index contributed by atoms with van der Waals surface area (Å²) in [6.07, 6.45) is 3.08. The molecular formula is C25H36N4O6S. The van der Waals surface area contributed by atoms with Crippen molar-refractivity contribution < 1.29 is 28.7 Å². The van der Waals surface area contributed by atoms with Gasteiger partial charge in [0.1, 0.15) is 24.2 Å². The van der Waals surface area contributed by atoms with Crippen molar-refractivity contribution in [3.05, 3.63) is 35.9 Å². The number of amides is 4. The maximum atomic E-state index is 13.3. The number of methoxy groups -OCH3 is 1. The molecule has 4 atom stereocenters. The van der Waals surface area contributed by atoms with E-state index in [1.807, 2.05) is 36.6 Å². The van der Waals surface area contributed by atoms with Crippen molar-refractivity contribution in [2.24, 2.45) is 5.92 Å². The van der Waals surface area contributed by atoms with Crippen molar-refractivity contribution >= 4 is 41.4 Å². The normalized spacial score (nSPS) is 17.5. The molecule has 0 saturated carbocycles. The summed E-state index contributed by atoms with van der Waals surface area (Å²) in [5.41, 5.74) is 0.815. The summed E-state index contributed by atoms with van der Waals surface area (Å²) in [5.74, 6) is -1.92. The number of carbonyl (C=O) groups is 5. The van der Waals surface area contributed by atoms with Crippen LogP contribution in [0.2, 0.25) is 0 Å². The van der Waals surface area contributed by atoms with Gasteiger partial charge < -0.3 is 26.0 Å². The fourth-order valence-electron chi connectivity index (χ4n) is 3.82. The zero-order chi connectivity index (χ0) is 26.7. The number of esters is 1. The topological polar surface area (TPSA) is 143 Å². The SMILES string of the molecule is COC(=O)[C@H](CCSC)NC(=O)[C@H](Cc1ccccc1)NC(=O)[C@@H](NC(=O)[C@@H]1CCC(=O)N1)C(C)C. The number of hydrogen-bond donors (Lipinski definition) is 4. The van der Waals surface area contributed by atoms with Gasteiger partial charge in [0.05, 0.1) is 7.11 Å². The molecule has 4 amide bonds. The molecule has 1 aromatic rings. The Morgan fingerprint density at radius 1 is 1.06 bits per heavy atom. The maximum absolute atomic E-state index is 13.3. The summed E-state index contributed by atoms with van der Waals surface area (Å²) in [6.45, 7) is 3.56. The van der Waals surface area contributed by atoms with Crippen molar-refractivity contribution in [2.75, 3.05) is 19.1 Å². The van der Waals surface area contributed by atoms with E-state index in [2.05, 4.69) is 21.3 Å². The largest absolute Gasteiger partial charge is 0.467 e. The Balaban J connectivity index is 2.18. The van der Waals surface area contributed by atoms with Crippen molar-refractivity contribution in [2.45, 2.75) is 63.7 Å². The van der Waals surface area contributed by atoms with E-state index >= 15 is 0 Å². The molecule has 10 nitrogen and oxygen atoms in total. The lowest BCUT2D eigenvalue weighted by Gasteiger charge is -2.27. The van der Waals surface area contributed by atoms with Crippen molar-refractivity contribution in [1.82, 2.24) is 21.3 Å². The number of nitrogens with one attached hydrogen (secondary N) is 4. The lowest BCUT2D eigenvalue weighted by molar-refractivity contribution is -0.145. The fraction of sp³-hybridized carbons (Fsp3) is 0.560. The van der Waals surface area contributed by atoms with Crippen LogP contribution in [-0.2, 0) is 35.1 Å². The minimum atomic E-state index is -0.995. The predicted molar refractivity (Wildman–Crippen MR) is 137 cm³/mol. The molecule has 198 valence electrons. The number of ether oxygens (including phenoxy) is 1. The number of benzene rings is 1. The van der Waals surface area contributed by atoms with E-state index in [1.165, 1.54) is 18.9 Å². The maximum Gasteiger partial charge on any atom is 0.328 e. The van der Waals surface area contributed by atoms with E-state index in [0.29, 0.717) is 18.6 Å². The highest BCUT2D eigenvalue weighted by Crippen LogP contribution is 2.11. The predicted octanol–water partition coefficient (Wildman–Crippen LogP) is 0.544. The van der Waals surface area contributed by atoms with Crippen LogP contribution in [-0.4, -0.2) is 72.9 Å². The summed E-state index contributed by atoms with van der Waals surface area (Å²) in [4.78, 5) is 62.9. The molecule has 2 rings (SSSR count). The molecule has 1 aliphatic rings. The van der Waals surface area contributed by atoms with Crippen LogP contribution in [0.4, 0.5) is 0 Å². The minimum Gasteiger partial charge on any atom is -0.467 e. The smallest absolute Gasteiger partial charge is 0.328 e. The standard InChI is InChI=1S/C25H36N4O6S/c1-15(2)21(29-22(31)17-10-11-20(30)26-17)24(33)28-19(14-16-8-6-5-7-9-16)23(32)27-18(12-13-36-4)25(34)35-3/h5-9,15,17-19,21H,10-14H2,1-4H3,(H,26,30)(H,27,32)(H,28,33)(H,29,31)/t17-,18-,19-,21-/m0/s1. The van der Waals surface area contributed by atoms with Gasteiger partial charge in [-0.25, -0.2) is 4.79 Å². The number of carbonyl (C=O) groups excluding carboxylic acids is 5. The van der Waals surface area contributed by atoms with Crippen LogP contribution in [0, 0.1) is 5.92 Å². The molecule has 0 aromatic heterocycles. The molecule has 1 fully saturated rings. The van der Waals surface area contributed by atoms with Gasteiger partial charge in [-0.1, -0.05) is 44.2 Å². The van der Waals surface area contributed by atoms with Crippen molar-refractivity contribution in [3.63, 3.8) is 0 Å². The lowest BCUT2D eigenvalue weighted by atomic mass is 10.00. The average Bonchev–Trinajstić information content (AvgIpc) is 3.30. The van der Waals surface area contributed by atoms with Crippen LogP contribution >= 0.6 is 11.8 Å².